The van der Waals surface area contributed by atoms with Gasteiger partial charge in [0.1, 0.15) is 54.3 Å². The highest BCUT2D eigenvalue weighted by Gasteiger charge is 2.45. The number of esters is 1. The van der Waals surface area contributed by atoms with E-state index in [4.69, 9.17) is 4.74 Å². The van der Waals surface area contributed by atoms with Gasteiger partial charge in [0.25, 0.3) is 0 Å². The molecule has 6 N–H and O–H groups in total. The number of ether oxygens (including phenoxy) is 1. The van der Waals surface area contributed by atoms with Crippen molar-refractivity contribution >= 4 is 53.1 Å². The highest BCUT2D eigenvalue weighted by atomic mass is 16.5. The second kappa shape index (κ2) is 23.0. The Bertz CT molecular complexity index is 2200. The van der Waals surface area contributed by atoms with Crippen molar-refractivity contribution in [3.63, 3.8) is 0 Å². The summed E-state index contributed by atoms with van der Waals surface area (Å²) in [6.45, 7) is 6.40. The van der Waals surface area contributed by atoms with Crippen LogP contribution < -0.4 is 26.6 Å². The molecule has 1 aliphatic carbocycles. The van der Waals surface area contributed by atoms with Gasteiger partial charge in [-0.3, -0.25) is 38.4 Å². The third-order valence-electron chi connectivity index (χ3n) is 11.2. The maximum absolute atomic E-state index is 14.4. The molecule has 7 amide bonds. The number of aliphatic hydroxyl groups is 1. The molecule has 65 heavy (non-hydrogen) atoms. The summed E-state index contributed by atoms with van der Waals surface area (Å²) >= 11 is 0. The summed E-state index contributed by atoms with van der Waals surface area (Å²) in [5, 5.41) is 22.7. The van der Waals surface area contributed by atoms with E-state index in [-0.39, 0.29) is 74.3 Å². The molecule has 1 aromatic carbocycles. The quantitative estimate of drug-likeness (QED) is 0.0991. The smallest absolute Gasteiger partial charge is 0.328 e. The predicted molar refractivity (Wildman–Crippen MR) is 236 cm³/mol. The first kappa shape index (κ1) is 48.9. The van der Waals surface area contributed by atoms with Crippen LogP contribution in [-0.4, -0.2) is 124 Å². The number of ketones is 1. The average molecular weight is 896 g/mol. The summed E-state index contributed by atoms with van der Waals surface area (Å²) in [5.74, 6) is -5.90. The van der Waals surface area contributed by atoms with Gasteiger partial charge >= 0.3 is 5.97 Å². The van der Waals surface area contributed by atoms with Gasteiger partial charge in [-0.05, 0) is 44.1 Å². The zero-order chi connectivity index (χ0) is 47.2. The second-order valence-corrected chi connectivity index (χ2v) is 16.7. The molecule has 3 aliphatic heterocycles. The Morgan fingerprint density at radius 3 is 1.92 bits per heavy atom. The number of Topliss-reactive ketones (excluding diaryl/α,β-unsaturated/α-hetero) is 1. The fourth-order valence-electron chi connectivity index (χ4n) is 7.88. The van der Waals surface area contributed by atoms with Crippen molar-refractivity contribution in [1.29, 1.82) is 0 Å². The summed E-state index contributed by atoms with van der Waals surface area (Å²) < 4.78 is 5.71. The van der Waals surface area contributed by atoms with Crippen molar-refractivity contribution in [2.45, 2.75) is 96.1 Å². The number of nitrogens with zero attached hydrogens (tertiary/aromatic N) is 2. The maximum Gasteiger partial charge on any atom is 0.328 e. The Morgan fingerprint density at radius 1 is 0.738 bits per heavy atom. The number of cyclic esters (lactones) is 1. The van der Waals surface area contributed by atoms with Gasteiger partial charge in [0.15, 0.2) is 5.78 Å². The Kier molecular flexibility index (Phi) is 17.3. The fraction of sp³-hybridized carbons (Fsp3) is 0.426. The molecule has 0 aromatic heterocycles. The molecule has 18 nitrogen and oxygen atoms in total. The number of fused-ring (bicyclic) bond motifs is 2. The largest absolute Gasteiger partial charge is 0.510 e. The van der Waals surface area contributed by atoms with Crippen LogP contribution in [0, 0.1) is 11.8 Å². The Hall–Kier alpha value is -7.11. The van der Waals surface area contributed by atoms with Crippen molar-refractivity contribution in [3.8, 4) is 0 Å². The normalized spacial score (nSPS) is 26.6. The molecule has 3 fully saturated rings. The first-order valence-electron chi connectivity index (χ1n) is 21.7. The fourth-order valence-corrected chi connectivity index (χ4v) is 7.88. The molecule has 1 aromatic rings. The molecule has 0 radical (unpaired) electrons. The van der Waals surface area contributed by atoms with Crippen LogP contribution in [0.15, 0.2) is 103 Å². The average Bonchev–Trinajstić information content (AvgIpc) is 3.96. The highest BCUT2D eigenvalue weighted by Crippen LogP contribution is 2.27. The molecule has 5 rings (SSSR count). The lowest BCUT2D eigenvalue weighted by Crippen LogP contribution is -2.60. The Balaban J connectivity index is 1.29. The van der Waals surface area contributed by atoms with E-state index in [1.165, 1.54) is 48.0 Å². The van der Waals surface area contributed by atoms with Gasteiger partial charge in [0, 0.05) is 44.5 Å². The number of carbonyl (C=O) groups is 9. The number of allylic oxidation sites excluding steroid dienone is 10. The molecule has 3 saturated heterocycles. The van der Waals surface area contributed by atoms with Gasteiger partial charge in [0.2, 0.25) is 41.4 Å². The van der Waals surface area contributed by atoms with Crippen LogP contribution in [0.1, 0.15) is 58.9 Å². The molecular formula is C47H57N7O11. The lowest BCUT2D eigenvalue weighted by Gasteiger charge is -2.32. The highest BCUT2D eigenvalue weighted by molar-refractivity contribution is 6.03. The number of hydrogen-bond donors (Lipinski definition) is 6. The first-order chi connectivity index (χ1) is 31.0. The van der Waals surface area contributed by atoms with E-state index in [2.05, 4.69) is 26.6 Å². The lowest BCUT2D eigenvalue weighted by atomic mass is 10.0. The molecule has 8 unspecified atom stereocenters. The minimum Gasteiger partial charge on any atom is -0.510 e. The van der Waals surface area contributed by atoms with Crippen LogP contribution >= 0.6 is 0 Å². The van der Waals surface area contributed by atoms with Gasteiger partial charge in [0.05, 0.1) is 0 Å². The zero-order valence-electron chi connectivity index (χ0n) is 36.9. The van der Waals surface area contributed by atoms with Crippen molar-refractivity contribution < 1.29 is 53.0 Å². The Labute approximate surface area is 377 Å². The van der Waals surface area contributed by atoms with Crippen molar-refractivity contribution in [1.82, 2.24) is 36.4 Å². The summed E-state index contributed by atoms with van der Waals surface area (Å²) in [6.07, 6.45) is 16.0. The Morgan fingerprint density at radius 2 is 1.31 bits per heavy atom. The molecular weight excluding hydrogens is 839 g/mol. The van der Waals surface area contributed by atoms with Crippen LogP contribution in [0.3, 0.4) is 0 Å². The molecule has 18 heteroatoms. The number of benzene rings is 1. The molecule has 8 atom stereocenters. The third kappa shape index (κ3) is 13.7. The number of rotatable bonds is 12. The van der Waals surface area contributed by atoms with Crippen LogP contribution in [-0.2, 0) is 54.3 Å². The van der Waals surface area contributed by atoms with Crippen molar-refractivity contribution in [3.05, 3.63) is 108 Å². The van der Waals surface area contributed by atoms with E-state index in [0.717, 1.165) is 0 Å². The molecule has 346 valence electrons. The number of amides is 7. The van der Waals surface area contributed by atoms with E-state index >= 15 is 0 Å². The summed E-state index contributed by atoms with van der Waals surface area (Å²) in [6, 6.07) is 2.02. The lowest BCUT2D eigenvalue weighted by molar-refractivity contribution is -0.157. The molecule has 0 spiro atoms. The first-order valence-corrected chi connectivity index (χ1v) is 21.7. The standard InChI is InChI=1S/C47H57N7O11/c1-28-22-35-44(61)48-30(3)42(59)49-31(4)45(62)54-26-29(2)23-36(54)47(64)65-27-34(46(63)53(35)25-28)51-43(60)33(24-32-16-12-11-13-17-32)50-39(57)18-14-9-7-5-6-8-10-15-19-40(58)52-41-37(55)20-21-38(41)56/h5-19,28-31,33-36,55H,20-27H2,1-4H3,(H,48,61)(H,49,59)(H,50,57)(H,51,60)(H,52,58). The number of hydrogen-bond acceptors (Lipinski definition) is 11. The van der Waals surface area contributed by atoms with Gasteiger partial charge in [-0.25, -0.2) is 4.79 Å². The van der Waals surface area contributed by atoms with Crippen LogP contribution in [0.2, 0.25) is 0 Å². The van der Waals surface area contributed by atoms with Crippen LogP contribution in [0.25, 0.3) is 0 Å². The number of aliphatic hydroxyl groups excluding tert-OH is 1. The molecule has 3 heterocycles. The van der Waals surface area contributed by atoms with Crippen molar-refractivity contribution in [2.24, 2.45) is 11.8 Å². The maximum atomic E-state index is 14.4. The molecule has 0 saturated carbocycles. The number of carbonyl (C=O) groups excluding carboxylic acids is 9. The summed E-state index contributed by atoms with van der Waals surface area (Å²) in [4.78, 5) is 122. The third-order valence-corrected chi connectivity index (χ3v) is 11.2. The second-order valence-electron chi connectivity index (χ2n) is 16.7. The molecule has 4 aliphatic rings. The topological polar surface area (TPSA) is 250 Å². The van der Waals surface area contributed by atoms with Crippen LogP contribution in [0.5, 0.6) is 0 Å². The van der Waals surface area contributed by atoms with Crippen molar-refractivity contribution in [2.75, 3.05) is 19.7 Å². The van der Waals surface area contributed by atoms with E-state index in [1.54, 1.807) is 66.8 Å². The van der Waals surface area contributed by atoms with Gasteiger partial charge in [-0.15, -0.1) is 0 Å². The monoisotopic (exact) mass is 895 g/mol. The minimum absolute atomic E-state index is 0.0212. The predicted octanol–water partition coefficient (Wildman–Crippen LogP) is 1.27. The SMILES string of the molecule is CC1CC2C(=O)OCC(NC(=O)C(Cc3ccccc3)NC(=O)C=CC=CC=CC=CC=CC(=O)NC3=C(O)CCC3=O)C(=O)N3CC(C)CC3C(=O)NC(C)C(=O)NC(C)C(=O)N2C1. The van der Waals surface area contributed by atoms with Gasteiger partial charge in [-0.2, -0.15) is 0 Å². The van der Waals surface area contributed by atoms with E-state index < -0.39 is 90.2 Å². The van der Waals surface area contributed by atoms with Crippen LogP contribution in [0.4, 0.5) is 0 Å². The van der Waals surface area contributed by atoms with E-state index in [0.29, 0.717) is 5.56 Å². The summed E-state index contributed by atoms with van der Waals surface area (Å²) in [5.41, 5.74) is 0.612. The zero-order valence-corrected chi connectivity index (χ0v) is 36.9. The van der Waals surface area contributed by atoms with E-state index in [9.17, 15) is 48.3 Å². The molecule has 0 bridgehead atoms. The number of nitrogens with one attached hydrogen (secondary N) is 5. The van der Waals surface area contributed by atoms with E-state index in [1.807, 2.05) is 13.8 Å². The summed E-state index contributed by atoms with van der Waals surface area (Å²) in [7, 11) is 0. The van der Waals surface area contributed by atoms with Gasteiger partial charge in [-0.1, -0.05) is 92.8 Å². The minimum atomic E-state index is -1.50. The van der Waals surface area contributed by atoms with Gasteiger partial charge < -0.3 is 46.2 Å².